The summed E-state index contributed by atoms with van der Waals surface area (Å²) in [5, 5.41) is 9.21. The van der Waals surface area contributed by atoms with Crippen molar-refractivity contribution in [2.45, 2.75) is 6.92 Å². The fourth-order valence-electron chi connectivity index (χ4n) is 2.54. The number of thioether (sulfide) groups is 1. The fourth-order valence-corrected chi connectivity index (χ4v) is 3.83. The molecule has 0 spiro atoms. The van der Waals surface area contributed by atoms with E-state index in [0.29, 0.717) is 20.7 Å². The Kier molecular flexibility index (Phi) is 5.11. The molecule has 7 heteroatoms. The molecular formula is C19H15NO4S2. The van der Waals surface area contributed by atoms with Crippen molar-refractivity contribution < 1.29 is 19.4 Å². The Morgan fingerprint density at radius 1 is 1.27 bits per heavy atom. The maximum Gasteiger partial charge on any atom is 0.335 e. The van der Waals surface area contributed by atoms with Gasteiger partial charge in [0, 0.05) is 0 Å². The molecule has 0 unspecified atom stereocenters. The number of methoxy groups -OCH3 is 1. The molecule has 1 saturated heterocycles. The standard InChI is InChI=1S/C19H15NO4S2/c1-11-6-7-13(18(22)23)10-15(11)20-17(21)16(26-19(20)25)9-12-4-3-5-14(8-12)24-2/h3-10H,1-2H3,(H,22,23). The fraction of sp³-hybridized carbons (Fsp3) is 0.105. The van der Waals surface area contributed by atoms with Crippen LogP contribution in [-0.4, -0.2) is 28.4 Å². The molecule has 0 aliphatic carbocycles. The van der Waals surface area contributed by atoms with Crippen molar-refractivity contribution in [3.63, 3.8) is 0 Å². The SMILES string of the molecule is COc1cccc(C=C2SC(=S)N(c3cc(C(=O)O)ccc3C)C2=O)c1. The summed E-state index contributed by atoms with van der Waals surface area (Å²) in [4.78, 5) is 26.0. The molecule has 1 fully saturated rings. The molecule has 2 aromatic carbocycles. The molecule has 1 heterocycles. The van der Waals surface area contributed by atoms with E-state index in [1.807, 2.05) is 31.2 Å². The summed E-state index contributed by atoms with van der Waals surface area (Å²) in [7, 11) is 1.58. The molecule has 5 nitrogen and oxygen atoms in total. The Morgan fingerprint density at radius 2 is 2.04 bits per heavy atom. The number of benzene rings is 2. The third-order valence-electron chi connectivity index (χ3n) is 3.88. The molecule has 1 amide bonds. The maximum absolute atomic E-state index is 12.9. The van der Waals surface area contributed by atoms with Crippen molar-refractivity contribution in [1.29, 1.82) is 0 Å². The summed E-state index contributed by atoms with van der Waals surface area (Å²) in [6.45, 7) is 1.81. The molecule has 3 rings (SSSR count). The Balaban J connectivity index is 1.98. The van der Waals surface area contributed by atoms with Crippen molar-refractivity contribution >= 4 is 51.9 Å². The summed E-state index contributed by atoms with van der Waals surface area (Å²) >= 11 is 6.55. The Labute approximate surface area is 160 Å². The molecule has 0 bridgehead atoms. The molecule has 1 aliphatic heterocycles. The number of amides is 1. The van der Waals surface area contributed by atoms with E-state index in [9.17, 15) is 14.7 Å². The molecule has 1 N–H and O–H groups in total. The third kappa shape index (κ3) is 3.49. The number of hydrogen-bond acceptors (Lipinski definition) is 5. The number of ether oxygens (including phenoxy) is 1. The van der Waals surface area contributed by atoms with Crippen LogP contribution in [0.4, 0.5) is 5.69 Å². The lowest BCUT2D eigenvalue weighted by Gasteiger charge is -2.17. The first-order valence-electron chi connectivity index (χ1n) is 7.66. The van der Waals surface area contributed by atoms with Gasteiger partial charge in [0.05, 0.1) is 23.3 Å². The molecule has 1 aliphatic rings. The van der Waals surface area contributed by atoms with Crippen LogP contribution in [0.3, 0.4) is 0 Å². The average Bonchev–Trinajstić information content (AvgIpc) is 2.89. The number of nitrogens with zero attached hydrogens (tertiary/aromatic N) is 1. The number of anilines is 1. The predicted octanol–water partition coefficient (Wildman–Crippen LogP) is 4.11. The van der Waals surface area contributed by atoms with Crippen molar-refractivity contribution in [2.75, 3.05) is 12.0 Å². The number of aromatic carboxylic acids is 1. The van der Waals surface area contributed by atoms with Crippen LogP contribution in [0.5, 0.6) is 5.75 Å². The first-order valence-corrected chi connectivity index (χ1v) is 8.89. The second-order valence-corrected chi connectivity index (χ2v) is 7.28. The summed E-state index contributed by atoms with van der Waals surface area (Å²) in [5.41, 5.74) is 2.19. The highest BCUT2D eigenvalue weighted by molar-refractivity contribution is 8.27. The first kappa shape index (κ1) is 18.2. The molecule has 2 aromatic rings. The van der Waals surface area contributed by atoms with Gasteiger partial charge in [-0.2, -0.15) is 0 Å². The molecule has 0 aromatic heterocycles. The Morgan fingerprint density at radius 3 is 2.73 bits per heavy atom. The molecule has 0 atom stereocenters. The Hall–Kier alpha value is -2.64. The maximum atomic E-state index is 12.9. The van der Waals surface area contributed by atoms with Crippen LogP contribution in [0.25, 0.3) is 6.08 Å². The normalized spacial score (nSPS) is 15.6. The van der Waals surface area contributed by atoms with Crippen molar-refractivity contribution in [3.05, 3.63) is 64.1 Å². The highest BCUT2D eigenvalue weighted by atomic mass is 32.2. The van der Waals surface area contributed by atoms with Crippen LogP contribution in [0.15, 0.2) is 47.4 Å². The van der Waals surface area contributed by atoms with E-state index in [1.165, 1.54) is 28.8 Å². The minimum absolute atomic E-state index is 0.108. The number of aryl methyl sites for hydroxylation is 1. The van der Waals surface area contributed by atoms with Crippen LogP contribution in [-0.2, 0) is 4.79 Å². The van der Waals surface area contributed by atoms with Gasteiger partial charge in [0.1, 0.15) is 5.75 Å². The topological polar surface area (TPSA) is 66.8 Å². The molecule has 0 saturated carbocycles. The van der Waals surface area contributed by atoms with Gasteiger partial charge in [-0.05, 0) is 48.4 Å². The number of hydrogen-bond donors (Lipinski definition) is 1. The summed E-state index contributed by atoms with van der Waals surface area (Å²) in [6.07, 6.45) is 1.75. The molecule has 0 radical (unpaired) electrons. The highest BCUT2D eigenvalue weighted by Gasteiger charge is 2.34. The van der Waals surface area contributed by atoms with Crippen molar-refractivity contribution in [3.8, 4) is 5.75 Å². The van der Waals surface area contributed by atoms with E-state index < -0.39 is 5.97 Å². The van der Waals surface area contributed by atoms with Crippen LogP contribution in [0.1, 0.15) is 21.5 Å². The van der Waals surface area contributed by atoms with E-state index >= 15 is 0 Å². The highest BCUT2D eigenvalue weighted by Crippen LogP contribution is 2.37. The van der Waals surface area contributed by atoms with Crippen LogP contribution >= 0.6 is 24.0 Å². The van der Waals surface area contributed by atoms with E-state index in [4.69, 9.17) is 17.0 Å². The number of carboxylic acid groups (broad SMARTS) is 1. The Bertz CT molecular complexity index is 952. The molecule has 26 heavy (non-hydrogen) atoms. The van der Waals surface area contributed by atoms with Gasteiger partial charge in [-0.3, -0.25) is 9.69 Å². The van der Waals surface area contributed by atoms with Crippen LogP contribution in [0, 0.1) is 6.92 Å². The van der Waals surface area contributed by atoms with Gasteiger partial charge >= 0.3 is 5.97 Å². The van der Waals surface area contributed by atoms with Gasteiger partial charge in [-0.15, -0.1) is 0 Å². The molecular weight excluding hydrogens is 370 g/mol. The largest absolute Gasteiger partial charge is 0.497 e. The number of carbonyl (C=O) groups is 2. The van der Waals surface area contributed by atoms with Crippen molar-refractivity contribution in [2.24, 2.45) is 0 Å². The lowest BCUT2D eigenvalue weighted by Crippen LogP contribution is -2.28. The van der Waals surface area contributed by atoms with Crippen molar-refractivity contribution in [1.82, 2.24) is 0 Å². The summed E-state index contributed by atoms with van der Waals surface area (Å²) in [5.74, 6) is -0.628. The van der Waals surface area contributed by atoms with Crippen LogP contribution < -0.4 is 9.64 Å². The summed E-state index contributed by atoms with van der Waals surface area (Å²) in [6, 6.07) is 12.0. The van der Waals surface area contributed by atoms with Gasteiger partial charge in [-0.1, -0.05) is 42.2 Å². The van der Waals surface area contributed by atoms with Gasteiger partial charge in [0.2, 0.25) is 0 Å². The zero-order valence-corrected chi connectivity index (χ0v) is 15.7. The third-order valence-corrected chi connectivity index (χ3v) is 5.18. The van der Waals surface area contributed by atoms with E-state index in [0.717, 1.165) is 11.1 Å². The van der Waals surface area contributed by atoms with E-state index in [2.05, 4.69) is 0 Å². The van der Waals surface area contributed by atoms with Gasteiger partial charge in [0.15, 0.2) is 4.32 Å². The minimum atomic E-state index is -1.05. The first-order chi connectivity index (χ1) is 12.4. The smallest absolute Gasteiger partial charge is 0.335 e. The lowest BCUT2D eigenvalue weighted by atomic mass is 10.1. The number of carbonyl (C=O) groups excluding carboxylic acids is 1. The number of carboxylic acids is 1. The van der Waals surface area contributed by atoms with E-state index in [-0.39, 0.29) is 11.5 Å². The second-order valence-electron chi connectivity index (χ2n) is 5.60. The predicted molar refractivity (Wildman–Crippen MR) is 107 cm³/mol. The summed E-state index contributed by atoms with van der Waals surface area (Å²) < 4.78 is 5.57. The molecule has 132 valence electrons. The average molecular weight is 385 g/mol. The van der Waals surface area contributed by atoms with Gasteiger partial charge in [0.25, 0.3) is 5.91 Å². The van der Waals surface area contributed by atoms with Gasteiger partial charge < -0.3 is 9.84 Å². The van der Waals surface area contributed by atoms with Gasteiger partial charge in [-0.25, -0.2) is 4.79 Å². The monoisotopic (exact) mass is 385 g/mol. The number of thiocarbonyl (C=S) groups is 1. The second kappa shape index (κ2) is 7.31. The van der Waals surface area contributed by atoms with Crippen LogP contribution in [0.2, 0.25) is 0 Å². The number of rotatable bonds is 4. The quantitative estimate of drug-likeness (QED) is 0.631. The lowest BCUT2D eigenvalue weighted by molar-refractivity contribution is -0.113. The zero-order chi connectivity index (χ0) is 18.8. The van der Waals surface area contributed by atoms with E-state index in [1.54, 1.807) is 19.3 Å². The zero-order valence-electron chi connectivity index (χ0n) is 14.1. The minimum Gasteiger partial charge on any atom is -0.497 e.